The Bertz CT molecular complexity index is 1340. The van der Waals surface area contributed by atoms with Crippen LogP contribution < -0.4 is 15.4 Å². The molecule has 0 fully saturated rings. The Morgan fingerprint density at radius 2 is 1.71 bits per heavy atom. The Labute approximate surface area is 200 Å². The zero-order valence-electron chi connectivity index (χ0n) is 19.3. The van der Waals surface area contributed by atoms with E-state index in [0.29, 0.717) is 29.1 Å². The highest BCUT2D eigenvalue weighted by Gasteiger charge is 2.28. The zero-order valence-corrected chi connectivity index (χ0v) is 19.3. The molecule has 0 saturated carbocycles. The number of allylic oxidation sites excluding steroid dienone is 1. The topological polar surface area (TPSA) is 67.4 Å². The number of anilines is 1. The molecule has 4 rings (SSSR count). The SMILES string of the molecule is COc1ccc2c(c1)/C(=C/C(=O)c1cccc(NC(=O)c3cc(F)c(F)c(F)c3)c1)NC(C)(C)C2. The second-order valence-corrected chi connectivity index (χ2v) is 8.92. The van der Waals surface area contributed by atoms with E-state index in [1.54, 1.807) is 19.2 Å². The summed E-state index contributed by atoms with van der Waals surface area (Å²) in [4.78, 5) is 25.5. The number of ketones is 1. The van der Waals surface area contributed by atoms with Gasteiger partial charge in [0, 0.05) is 39.7 Å². The van der Waals surface area contributed by atoms with Gasteiger partial charge >= 0.3 is 0 Å². The number of amides is 1. The number of carbonyl (C=O) groups excluding carboxylic acids is 2. The van der Waals surface area contributed by atoms with Crippen LogP contribution in [-0.4, -0.2) is 24.3 Å². The van der Waals surface area contributed by atoms with Gasteiger partial charge in [0.05, 0.1) is 7.11 Å². The number of carbonyl (C=O) groups is 2. The Balaban J connectivity index is 1.60. The highest BCUT2D eigenvalue weighted by Crippen LogP contribution is 2.32. The van der Waals surface area contributed by atoms with Gasteiger partial charge in [0.15, 0.2) is 23.2 Å². The van der Waals surface area contributed by atoms with Crippen LogP contribution in [0.1, 0.15) is 45.7 Å². The molecule has 0 unspecified atom stereocenters. The third-order valence-electron chi connectivity index (χ3n) is 5.64. The minimum atomic E-state index is -1.65. The van der Waals surface area contributed by atoms with Crippen molar-refractivity contribution < 1.29 is 27.5 Å². The molecule has 0 radical (unpaired) electrons. The van der Waals surface area contributed by atoms with Crippen LogP contribution in [0.15, 0.2) is 60.7 Å². The fourth-order valence-electron chi connectivity index (χ4n) is 4.01. The smallest absolute Gasteiger partial charge is 0.255 e. The molecule has 3 aromatic carbocycles. The number of fused-ring (bicyclic) bond motifs is 1. The van der Waals surface area contributed by atoms with Crippen LogP contribution >= 0.6 is 0 Å². The molecule has 1 heterocycles. The van der Waals surface area contributed by atoms with Crippen LogP contribution in [0.5, 0.6) is 5.75 Å². The molecule has 0 bridgehead atoms. The van der Waals surface area contributed by atoms with Crippen LogP contribution in [0.4, 0.5) is 18.9 Å². The molecule has 180 valence electrons. The van der Waals surface area contributed by atoms with Crippen molar-refractivity contribution in [2.24, 2.45) is 0 Å². The summed E-state index contributed by atoms with van der Waals surface area (Å²) in [6, 6.07) is 13.1. The van der Waals surface area contributed by atoms with E-state index in [1.165, 1.54) is 18.2 Å². The third kappa shape index (κ3) is 5.21. The van der Waals surface area contributed by atoms with Gasteiger partial charge in [0.2, 0.25) is 0 Å². The summed E-state index contributed by atoms with van der Waals surface area (Å²) in [7, 11) is 1.57. The maximum Gasteiger partial charge on any atom is 0.255 e. The van der Waals surface area contributed by atoms with Crippen molar-refractivity contribution in [3.8, 4) is 5.75 Å². The van der Waals surface area contributed by atoms with Gasteiger partial charge in [-0.15, -0.1) is 0 Å². The number of hydrogen-bond acceptors (Lipinski definition) is 4. The minimum absolute atomic E-state index is 0.239. The summed E-state index contributed by atoms with van der Waals surface area (Å²) in [5.41, 5.74) is 2.45. The van der Waals surface area contributed by atoms with Crippen molar-refractivity contribution in [2.45, 2.75) is 25.8 Å². The van der Waals surface area contributed by atoms with Gasteiger partial charge in [-0.3, -0.25) is 9.59 Å². The summed E-state index contributed by atoms with van der Waals surface area (Å²) in [5, 5.41) is 5.87. The molecule has 1 amide bonds. The molecule has 1 aliphatic rings. The van der Waals surface area contributed by atoms with Gasteiger partial charge in [-0.05, 0) is 62.2 Å². The number of hydrogen-bond donors (Lipinski definition) is 2. The van der Waals surface area contributed by atoms with Crippen LogP contribution in [0.25, 0.3) is 5.70 Å². The monoisotopic (exact) mass is 480 g/mol. The first kappa shape index (κ1) is 24.1. The van der Waals surface area contributed by atoms with Gasteiger partial charge < -0.3 is 15.4 Å². The van der Waals surface area contributed by atoms with E-state index in [9.17, 15) is 22.8 Å². The predicted molar refractivity (Wildman–Crippen MR) is 127 cm³/mol. The van der Waals surface area contributed by atoms with Crippen molar-refractivity contribution >= 4 is 23.1 Å². The van der Waals surface area contributed by atoms with E-state index in [4.69, 9.17) is 4.74 Å². The first-order valence-corrected chi connectivity index (χ1v) is 10.8. The van der Waals surface area contributed by atoms with Crippen LogP contribution in [0.3, 0.4) is 0 Å². The fourth-order valence-corrected chi connectivity index (χ4v) is 4.01. The van der Waals surface area contributed by atoms with Crippen molar-refractivity contribution in [2.75, 3.05) is 12.4 Å². The van der Waals surface area contributed by atoms with Crippen molar-refractivity contribution in [3.63, 3.8) is 0 Å². The molecule has 2 N–H and O–H groups in total. The molecular weight excluding hydrogens is 457 g/mol. The van der Waals surface area contributed by atoms with Crippen LogP contribution in [0.2, 0.25) is 0 Å². The van der Waals surface area contributed by atoms with Crippen molar-refractivity contribution in [1.82, 2.24) is 5.32 Å². The van der Waals surface area contributed by atoms with Gasteiger partial charge in [-0.1, -0.05) is 18.2 Å². The van der Waals surface area contributed by atoms with Crippen molar-refractivity contribution in [3.05, 3.63) is 100 Å². The molecule has 8 heteroatoms. The fraction of sp³-hybridized carbons (Fsp3) is 0.185. The number of methoxy groups -OCH3 is 1. The number of rotatable bonds is 5. The lowest BCUT2D eigenvalue weighted by molar-refractivity contribution is 0.102. The molecule has 0 saturated heterocycles. The quantitative estimate of drug-likeness (QED) is 0.287. The Hall–Kier alpha value is -4.07. The highest BCUT2D eigenvalue weighted by atomic mass is 19.2. The summed E-state index contributed by atoms with van der Waals surface area (Å²) >= 11 is 0. The second-order valence-electron chi connectivity index (χ2n) is 8.92. The summed E-state index contributed by atoms with van der Waals surface area (Å²) in [5.74, 6) is -5.07. The number of benzene rings is 3. The van der Waals surface area contributed by atoms with Crippen LogP contribution in [-0.2, 0) is 6.42 Å². The maximum atomic E-state index is 13.5. The molecule has 0 aromatic heterocycles. The van der Waals surface area contributed by atoms with Gasteiger partial charge in [0.25, 0.3) is 5.91 Å². The zero-order chi connectivity index (χ0) is 25.3. The number of ether oxygens (including phenoxy) is 1. The first-order valence-electron chi connectivity index (χ1n) is 10.8. The normalized spacial score (nSPS) is 15.2. The first-order chi connectivity index (χ1) is 16.6. The number of halogens is 3. The molecule has 0 aliphatic carbocycles. The van der Waals surface area contributed by atoms with Crippen LogP contribution in [0, 0.1) is 17.5 Å². The molecule has 1 aliphatic heterocycles. The summed E-state index contributed by atoms with van der Waals surface area (Å²) in [6.07, 6.45) is 2.26. The van der Waals surface area contributed by atoms with E-state index < -0.39 is 23.4 Å². The number of nitrogens with one attached hydrogen (secondary N) is 2. The van der Waals surface area contributed by atoms with Gasteiger partial charge in [0.1, 0.15) is 5.75 Å². The molecule has 0 atom stereocenters. The minimum Gasteiger partial charge on any atom is -0.497 e. The largest absolute Gasteiger partial charge is 0.497 e. The van der Waals surface area contributed by atoms with Crippen molar-refractivity contribution in [1.29, 1.82) is 0 Å². The molecule has 3 aromatic rings. The lowest BCUT2D eigenvalue weighted by Gasteiger charge is -2.35. The van der Waals surface area contributed by atoms with E-state index in [0.717, 1.165) is 17.5 Å². The second kappa shape index (κ2) is 9.29. The van der Waals surface area contributed by atoms with E-state index in [-0.39, 0.29) is 22.6 Å². The molecule has 0 spiro atoms. The molecular formula is C27H23F3N2O3. The summed E-state index contributed by atoms with van der Waals surface area (Å²) < 4.78 is 45.5. The Morgan fingerprint density at radius 1 is 1.00 bits per heavy atom. The lowest BCUT2D eigenvalue weighted by atomic mass is 9.85. The highest BCUT2D eigenvalue weighted by molar-refractivity contribution is 6.10. The Kier molecular flexibility index (Phi) is 6.39. The average molecular weight is 480 g/mol. The maximum absolute atomic E-state index is 13.5. The standard InChI is InChI=1S/C27H23F3N2O3/c1-27(2)14-16-7-8-19(35-3)12-20(16)23(32-27)13-24(33)15-5-4-6-18(9-15)31-26(34)17-10-21(28)25(30)22(29)11-17/h4-13,32H,14H2,1-3H3,(H,31,34)/b23-13-. The van der Waals surface area contributed by atoms with E-state index >= 15 is 0 Å². The third-order valence-corrected chi connectivity index (χ3v) is 5.64. The lowest BCUT2D eigenvalue weighted by Crippen LogP contribution is -2.43. The van der Waals surface area contributed by atoms with Gasteiger partial charge in [-0.2, -0.15) is 0 Å². The van der Waals surface area contributed by atoms with E-state index in [1.807, 2.05) is 32.0 Å². The van der Waals surface area contributed by atoms with Gasteiger partial charge in [-0.25, -0.2) is 13.2 Å². The van der Waals surface area contributed by atoms with E-state index in [2.05, 4.69) is 10.6 Å². The predicted octanol–water partition coefficient (Wildman–Crippen LogP) is 5.51. The average Bonchev–Trinajstić information content (AvgIpc) is 2.81. The Morgan fingerprint density at radius 3 is 2.40 bits per heavy atom. The summed E-state index contributed by atoms with van der Waals surface area (Å²) in [6.45, 7) is 4.07. The molecule has 35 heavy (non-hydrogen) atoms. The molecule has 5 nitrogen and oxygen atoms in total.